The molecule has 0 atom stereocenters. The van der Waals surface area contributed by atoms with Gasteiger partial charge in [0.05, 0.1) is 16.9 Å². The standard InChI is InChI=1S/C22H24N4O3S2/c1-2-31(28,29)26-14-11-22(12-15-26,17-8-4-3-5-9-17)20(27)25-21-24-19(16-30-21)18-10-6-7-13-23-18/h3-10,13,16H,2,11-12,14-15H2,1H3,(H,24,25,27). The molecule has 1 aromatic carbocycles. The van der Waals surface area contributed by atoms with Gasteiger partial charge in [0.1, 0.15) is 5.69 Å². The molecule has 7 nitrogen and oxygen atoms in total. The summed E-state index contributed by atoms with van der Waals surface area (Å²) in [5.74, 6) is -0.0957. The predicted octanol–water partition coefficient (Wildman–Crippen LogP) is 3.53. The van der Waals surface area contributed by atoms with E-state index in [1.807, 2.05) is 53.9 Å². The number of anilines is 1. The molecule has 4 rings (SSSR count). The summed E-state index contributed by atoms with van der Waals surface area (Å²) in [6.45, 7) is 2.27. The lowest BCUT2D eigenvalue weighted by Gasteiger charge is -2.40. The van der Waals surface area contributed by atoms with Gasteiger partial charge in [-0.15, -0.1) is 11.3 Å². The molecule has 0 aliphatic carbocycles. The van der Waals surface area contributed by atoms with Gasteiger partial charge in [-0.05, 0) is 37.5 Å². The Morgan fingerprint density at radius 1 is 1.10 bits per heavy atom. The molecular formula is C22H24N4O3S2. The molecule has 1 aliphatic rings. The molecule has 0 unspecified atom stereocenters. The zero-order valence-electron chi connectivity index (χ0n) is 17.2. The van der Waals surface area contributed by atoms with Gasteiger partial charge in [-0.2, -0.15) is 0 Å². The van der Waals surface area contributed by atoms with Crippen molar-refractivity contribution in [3.8, 4) is 11.4 Å². The molecule has 1 amide bonds. The Morgan fingerprint density at radius 3 is 2.45 bits per heavy atom. The average molecular weight is 457 g/mol. The van der Waals surface area contributed by atoms with Crippen LogP contribution < -0.4 is 5.32 Å². The van der Waals surface area contributed by atoms with Crippen LogP contribution in [0, 0.1) is 0 Å². The fourth-order valence-electron chi connectivity index (χ4n) is 3.91. The molecule has 1 aliphatic heterocycles. The molecule has 0 spiro atoms. The predicted molar refractivity (Wildman–Crippen MR) is 122 cm³/mol. The first-order valence-corrected chi connectivity index (χ1v) is 12.7. The highest BCUT2D eigenvalue weighted by Gasteiger charge is 2.44. The number of hydrogen-bond acceptors (Lipinski definition) is 6. The summed E-state index contributed by atoms with van der Waals surface area (Å²) in [5, 5.41) is 5.35. The van der Waals surface area contributed by atoms with Gasteiger partial charge in [0, 0.05) is 24.7 Å². The van der Waals surface area contributed by atoms with E-state index < -0.39 is 15.4 Å². The van der Waals surface area contributed by atoms with E-state index in [0.29, 0.717) is 36.8 Å². The number of nitrogens with zero attached hydrogens (tertiary/aromatic N) is 3. The molecule has 1 saturated heterocycles. The van der Waals surface area contributed by atoms with Crippen LogP contribution in [-0.2, 0) is 20.2 Å². The van der Waals surface area contributed by atoms with Gasteiger partial charge in [0.25, 0.3) is 0 Å². The fourth-order valence-corrected chi connectivity index (χ4v) is 5.72. The summed E-state index contributed by atoms with van der Waals surface area (Å²) in [6, 6.07) is 15.2. The Bertz CT molecular complexity index is 1140. The van der Waals surface area contributed by atoms with E-state index in [-0.39, 0.29) is 11.7 Å². The minimum absolute atomic E-state index is 0.0624. The number of sulfonamides is 1. The maximum Gasteiger partial charge on any atom is 0.236 e. The van der Waals surface area contributed by atoms with Crippen LogP contribution in [0.15, 0.2) is 60.1 Å². The van der Waals surface area contributed by atoms with E-state index in [1.54, 1.807) is 13.1 Å². The highest BCUT2D eigenvalue weighted by atomic mass is 32.2. The Hall–Kier alpha value is -2.62. The van der Waals surface area contributed by atoms with Gasteiger partial charge in [0.15, 0.2) is 5.13 Å². The number of carbonyl (C=O) groups is 1. The number of hydrogen-bond donors (Lipinski definition) is 1. The summed E-state index contributed by atoms with van der Waals surface area (Å²) < 4.78 is 26.1. The summed E-state index contributed by atoms with van der Waals surface area (Å²) in [5.41, 5.74) is 1.54. The lowest BCUT2D eigenvalue weighted by Crippen LogP contribution is -2.51. The van der Waals surface area contributed by atoms with Crippen LogP contribution >= 0.6 is 11.3 Å². The monoisotopic (exact) mass is 456 g/mol. The van der Waals surface area contributed by atoms with E-state index in [1.165, 1.54) is 15.6 Å². The Morgan fingerprint density at radius 2 is 1.81 bits per heavy atom. The second kappa shape index (κ2) is 8.86. The second-order valence-electron chi connectivity index (χ2n) is 7.45. The molecule has 3 aromatic rings. The lowest BCUT2D eigenvalue weighted by atomic mass is 9.72. The summed E-state index contributed by atoms with van der Waals surface area (Å²) in [7, 11) is -3.28. The molecule has 0 radical (unpaired) electrons. The zero-order chi connectivity index (χ0) is 21.9. The molecule has 3 heterocycles. The number of benzene rings is 1. The quantitative estimate of drug-likeness (QED) is 0.613. The Balaban J connectivity index is 1.59. The van der Waals surface area contributed by atoms with Crippen molar-refractivity contribution in [3.63, 3.8) is 0 Å². The van der Waals surface area contributed by atoms with E-state index in [9.17, 15) is 13.2 Å². The van der Waals surface area contributed by atoms with E-state index in [0.717, 1.165) is 11.3 Å². The molecule has 2 aromatic heterocycles. The lowest BCUT2D eigenvalue weighted by molar-refractivity contribution is -0.123. The minimum atomic E-state index is -3.28. The average Bonchev–Trinajstić information content (AvgIpc) is 3.28. The number of amides is 1. The largest absolute Gasteiger partial charge is 0.301 e. The number of pyridine rings is 1. The van der Waals surface area contributed by atoms with Crippen molar-refractivity contribution in [3.05, 3.63) is 65.7 Å². The van der Waals surface area contributed by atoms with Gasteiger partial charge < -0.3 is 5.32 Å². The maximum atomic E-state index is 13.5. The van der Waals surface area contributed by atoms with Crippen LogP contribution in [0.25, 0.3) is 11.4 Å². The van der Waals surface area contributed by atoms with Crippen molar-refractivity contribution < 1.29 is 13.2 Å². The molecule has 1 N–H and O–H groups in total. The summed E-state index contributed by atoms with van der Waals surface area (Å²) in [4.78, 5) is 22.4. The van der Waals surface area contributed by atoms with Crippen LogP contribution in [0.2, 0.25) is 0 Å². The third-order valence-corrected chi connectivity index (χ3v) is 8.39. The van der Waals surface area contributed by atoms with Crippen LogP contribution in [0.4, 0.5) is 5.13 Å². The van der Waals surface area contributed by atoms with Crippen molar-refractivity contribution in [1.29, 1.82) is 0 Å². The van der Waals surface area contributed by atoms with Crippen molar-refractivity contribution in [2.24, 2.45) is 0 Å². The van der Waals surface area contributed by atoms with Gasteiger partial charge in [-0.3, -0.25) is 9.78 Å². The Labute approximate surface area is 186 Å². The summed E-state index contributed by atoms with van der Waals surface area (Å²) >= 11 is 1.35. The van der Waals surface area contributed by atoms with Gasteiger partial charge in [-0.1, -0.05) is 36.4 Å². The van der Waals surface area contributed by atoms with E-state index in [4.69, 9.17) is 0 Å². The second-order valence-corrected chi connectivity index (χ2v) is 10.6. The molecule has 162 valence electrons. The van der Waals surface area contributed by atoms with Gasteiger partial charge >= 0.3 is 0 Å². The highest BCUT2D eigenvalue weighted by molar-refractivity contribution is 7.89. The smallest absolute Gasteiger partial charge is 0.236 e. The SMILES string of the molecule is CCS(=O)(=O)N1CCC(C(=O)Nc2nc(-c3ccccn3)cs2)(c2ccccc2)CC1. The Kier molecular flexibility index (Phi) is 6.17. The third kappa shape index (κ3) is 4.39. The molecular weight excluding hydrogens is 432 g/mol. The third-order valence-electron chi connectivity index (χ3n) is 5.75. The zero-order valence-corrected chi connectivity index (χ0v) is 18.8. The minimum Gasteiger partial charge on any atom is -0.301 e. The maximum absolute atomic E-state index is 13.5. The molecule has 9 heteroatoms. The van der Waals surface area contributed by atoms with Crippen LogP contribution in [0.1, 0.15) is 25.3 Å². The first-order valence-electron chi connectivity index (χ1n) is 10.2. The van der Waals surface area contributed by atoms with Crippen LogP contribution in [0.3, 0.4) is 0 Å². The molecule has 0 saturated carbocycles. The number of nitrogens with one attached hydrogen (secondary N) is 1. The number of piperidine rings is 1. The fraction of sp³-hybridized carbons (Fsp3) is 0.318. The number of aromatic nitrogens is 2. The molecule has 1 fully saturated rings. The summed E-state index contributed by atoms with van der Waals surface area (Å²) in [6.07, 6.45) is 2.54. The van der Waals surface area contributed by atoms with E-state index >= 15 is 0 Å². The normalized spacial score (nSPS) is 16.7. The highest BCUT2D eigenvalue weighted by Crippen LogP contribution is 2.38. The van der Waals surface area contributed by atoms with Crippen LogP contribution in [-0.4, -0.2) is 47.4 Å². The van der Waals surface area contributed by atoms with Gasteiger partial charge in [0.2, 0.25) is 15.9 Å². The topological polar surface area (TPSA) is 92.3 Å². The van der Waals surface area contributed by atoms with Crippen molar-refractivity contribution >= 4 is 32.4 Å². The number of rotatable bonds is 6. The number of thiazole rings is 1. The van der Waals surface area contributed by atoms with Gasteiger partial charge in [-0.25, -0.2) is 17.7 Å². The van der Waals surface area contributed by atoms with Crippen LogP contribution in [0.5, 0.6) is 0 Å². The molecule has 0 bridgehead atoms. The molecule has 31 heavy (non-hydrogen) atoms. The van der Waals surface area contributed by atoms with E-state index in [2.05, 4.69) is 15.3 Å². The number of carbonyl (C=O) groups excluding carboxylic acids is 1. The van der Waals surface area contributed by atoms with Crippen molar-refractivity contribution in [2.45, 2.75) is 25.2 Å². The first kappa shape index (κ1) is 21.6. The first-order chi connectivity index (χ1) is 14.9. The van der Waals surface area contributed by atoms with Crippen molar-refractivity contribution in [2.75, 3.05) is 24.2 Å². The van der Waals surface area contributed by atoms with Crippen molar-refractivity contribution in [1.82, 2.24) is 14.3 Å².